The van der Waals surface area contributed by atoms with Crippen LogP contribution >= 0.6 is 0 Å². The smallest absolute Gasteiger partial charge is 0.252 e. The number of hydrogen-bond donors (Lipinski definition) is 2. The number of aryl methyl sites for hydroxylation is 1. The second-order valence-electron chi connectivity index (χ2n) is 6.83. The van der Waals surface area contributed by atoms with Crippen LogP contribution in [-0.2, 0) is 11.2 Å². The first kappa shape index (κ1) is 20.7. The number of halogens is 2. The summed E-state index contributed by atoms with van der Waals surface area (Å²) in [7, 11) is 0. The number of nitrogens with one attached hydrogen (secondary N) is 2. The second kappa shape index (κ2) is 8.14. The SMILES string of the molecule is Cc1c(CC(=O)N[C@H](C)c2ccc(C#N)cc2F)c(=O)[nH]c2ccc(F)c(C#N)c12. The molecule has 0 aliphatic heterocycles. The Bertz CT molecular complexity index is 1320. The van der Waals surface area contributed by atoms with Gasteiger partial charge in [0.1, 0.15) is 17.7 Å². The Labute approximate surface area is 170 Å². The van der Waals surface area contributed by atoms with E-state index in [4.69, 9.17) is 5.26 Å². The number of carbonyl (C=O) groups is 1. The van der Waals surface area contributed by atoms with Gasteiger partial charge >= 0.3 is 0 Å². The number of benzene rings is 2. The maximum atomic E-state index is 14.2. The first-order valence-corrected chi connectivity index (χ1v) is 8.99. The summed E-state index contributed by atoms with van der Waals surface area (Å²) in [4.78, 5) is 27.5. The molecule has 1 atom stereocenters. The van der Waals surface area contributed by atoms with E-state index in [1.165, 1.54) is 18.2 Å². The highest BCUT2D eigenvalue weighted by Crippen LogP contribution is 2.24. The zero-order valence-electron chi connectivity index (χ0n) is 16.1. The van der Waals surface area contributed by atoms with Crippen molar-refractivity contribution < 1.29 is 13.6 Å². The molecular formula is C22H16F2N4O2. The number of aromatic amines is 1. The Morgan fingerprint density at radius 2 is 1.90 bits per heavy atom. The molecule has 0 fully saturated rings. The van der Waals surface area contributed by atoms with Gasteiger partial charge in [-0.3, -0.25) is 9.59 Å². The van der Waals surface area contributed by atoms with Crippen molar-refractivity contribution in [2.24, 2.45) is 0 Å². The summed E-state index contributed by atoms with van der Waals surface area (Å²) in [6, 6.07) is 9.29. The number of fused-ring (bicyclic) bond motifs is 1. The topological polar surface area (TPSA) is 110 Å². The predicted octanol–water partition coefficient (Wildman–Crippen LogP) is 3.28. The fourth-order valence-electron chi connectivity index (χ4n) is 3.39. The molecule has 2 N–H and O–H groups in total. The average molecular weight is 406 g/mol. The summed E-state index contributed by atoms with van der Waals surface area (Å²) in [6.45, 7) is 3.12. The molecule has 8 heteroatoms. The second-order valence-corrected chi connectivity index (χ2v) is 6.83. The standard InChI is InChI=1S/C22H16F2N4O2/c1-11-15(22(30)28-19-6-5-17(23)16(10-26)21(11)19)8-20(29)27-12(2)14-4-3-13(9-25)7-18(14)24/h3-7,12H,8H2,1-2H3,(H,27,29)(H,28,30)/t12-/m1/s1. The lowest BCUT2D eigenvalue weighted by Gasteiger charge is -2.16. The lowest BCUT2D eigenvalue weighted by molar-refractivity contribution is -0.121. The number of amides is 1. The minimum atomic E-state index is -0.722. The highest BCUT2D eigenvalue weighted by Gasteiger charge is 2.19. The number of nitriles is 2. The normalized spacial score (nSPS) is 11.5. The van der Waals surface area contributed by atoms with Crippen LogP contribution < -0.4 is 10.9 Å². The van der Waals surface area contributed by atoms with E-state index in [-0.39, 0.29) is 34.1 Å². The first-order chi connectivity index (χ1) is 14.3. The molecule has 6 nitrogen and oxygen atoms in total. The number of hydrogen-bond acceptors (Lipinski definition) is 4. The van der Waals surface area contributed by atoms with E-state index in [1.54, 1.807) is 19.9 Å². The van der Waals surface area contributed by atoms with Gasteiger partial charge < -0.3 is 10.3 Å². The fourth-order valence-corrected chi connectivity index (χ4v) is 3.39. The lowest BCUT2D eigenvalue weighted by atomic mass is 9.98. The van der Waals surface area contributed by atoms with Gasteiger partial charge in [-0.15, -0.1) is 0 Å². The molecule has 3 rings (SSSR count). The minimum absolute atomic E-state index is 0.0922. The minimum Gasteiger partial charge on any atom is -0.349 e. The number of rotatable bonds is 4. The Kier molecular flexibility index (Phi) is 5.61. The van der Waals surface area contributed by atoms with Crippen molar-refractivity contribution in [3.8, 4) is 12.1 Å². The van der Waals surface area contributed by atoms with Crippen LogP contribution in [0.15, 0.2) is 35.1 Å². The van der Waals surface area contributed by atoms with E-state index in [1.807, 2.05) is 6.07 Å². The van der Waals surface area contributed by atoms with Crippen LogP contribution in [0.25, 0.3) is 10.9 Å². The molecule has 0 saturated carbocycles. The maximum absolute atomic E-state index is 14.2. The van der Waals surface area contributed by atoms with E-state index < -0.39 is 29.1 Å². The van der Waals surface area contributed by atoms with Gasteiger partial charge in [0.15, 0.2) is 0 Å². The van der Waals surface area contributed by atoms with Crippen LogP contribution in [0.2, 0.25) is 0 Å². The fraction of sp³-hybridized carbons (Fsp3) is 0.182. The van der Waals surface area contributed by atoms with E-state index in [0.717, 1.165) is 12.1 Å². The third-order valence-electron chi connectivity index (χ3n) is 4.93. The molecule has 0 aliphatic rings. The highest BCUT2D eigenvalue weighted by molar-refractivity contribution is 5.90. The molecule has 1 amide bonds. The maximum Gasteiger partial charge on any atom is 0.252 e. The summed E-state index contributed by atoms with van der Waals surface area (Å²) < 4.78 is 28.2. The average Bonchev–Trinajstić information content (AvgIpc) is 2.71. The quantitative estimate of drug-likeness (QED) is 0.693. The van der Waals surface area contributed by atoms with Crippen molar-refractivity contribution in [1.82, 2.24) is 10.3 Å². The molecule has 0 unspecified atom stereocenters. The van der Waals surface area contributed by atoms with E-state index >= 15 is 0 Å². The lowest BCUT2D eigenvalue weighted by Crippen LogP contribution is -2.31. The van der Waals surface area contributed by atoms with Gasteiger partial charge in [0.2, 0.25) is 5.91 Å². The van der Waals surface area contributed by atoms with Crippen molar-refractivity contribution in [3.05, 3.63) is 80.1 Å². The van der Waals surface area contributed by atoms with Crippen LogP contribution in [0.5, 0.6) is 0 Å². The van der Waals surface area contributed by atoms with Gasteiger partial charge in [-0.25, -0.2) is 8.78 Å². The molecule has 0 spiro atoms. The number of H-pyrrole nitrogens is 1. The van der Waals surface area contributed by atoms with Gasteiger partial charge in [0.05, 0.1) is 35.2 Å². The molecule has 0 radical (unpaired) electrons. The van der Waals surface area contributed by atoms with Gasteiger partial charge in [-0.05, 0) is 43.7 Å². The summed E-state index contributed by atoms with van der Waals surface area (Å²) in [6.07, 6.45) is -0.333. The van der Waals surface area contributed by atoms with Gasteiger partial charge in [0, 0.05) is 16.5 Å². The van der Waals surface area contributed by atoms with Gasteiger partial charge in [-0.2, -0.15) is 10.5 Å². The number of pyridine rings is 1. The Balaban J connectivity index is 1.91. The van der Waals surface area contributed by atoms with Crippen LogP contribution in [0, 0.1) is 41.2 Å². The van der Waals surface area contributed by atoms with Crippen molar-refractivity contribution in [2.75, 3.05) is 0 Å². The number of nitrogens with zero attached hydrogens (tertiary/aromatic N) is 2. The van der Waals surface area contributed by atoms with Crippen LogP contribution in [0.3, 0.4) is 0 Å². The van der Waals surface area contributed by atoms with Crippen molar-refractivity contribution >= 4 is 16.8 Å². The summed E-state index contributed by atoms with van der Waals surface area (Å²) >= 11 is 0. The Morgan fingerprint density at radius 1 is 1.17 bits per heavy atom. The van der Waals surface area contributed by atoms with Crippen LogP contribution in [0.1, 0.15) is 40.8 Å². The zero-order valence-corrected chi connectivity index (χ0v) is 16.1. The van der Waals surface area contributed by atoms with E-state index in [9.17, 15) is 23.6 Å². The Morgan fingerprint density at radius 3 is 2.53 bits per heavy atom. The third-order valence-corrected chi connectivity index (χ3v) is 4.93. The van der Waals surface area contributed by atoms with Crippen LogP contribution in [0.4, 0.5) is 8.78 Å². The van der Waals surface area contributed by atoms with E-state index in [0.29, 0.717) is 11.1 Å². The Hall–Kier alpha value is -4.04. The summed E-state index contributed by atoms with van der Waals surface area (Å²) in [5.41, 5.74) is 0.340. The predicted molar refractivity (Wildman–Crippen MR) is 105 cm³/mol. The zero-order chi connectivity index (χ0) is 22.0. The number of carbonyl (C=O) groups excluding carboxylic acids is 1. The van der Waals surface area contributed by atoms with Crippen molar-refractivity contribution in [2.45, 2.75) is 26.3 Å². The molecule has 1 aromatic heterocycles. The molecule has 0 aliphatic carbocycles. The molecule has 1 heterocycles. The summed E-state index contributed by atoms with van der Waals surface area (Å²) in [5, 5.41) is 20.9. The molecule has 3 aromatic rings. The molecule has 150 valence electrons. The van der Waals surface area contributed by atoms with Gasteiger partial charge in [0.25, 0.3) is 5.56 Å². The highest BCUT2D eigenvalue weighted by atomic mass is 19.1. The van der Waals surface area contributed by atoms with Crippen LogP contribution in [-0.4, -0.2) is 10.9 Å². The third kappa shape index (κ3) is 3.76. The molecule has 30 heavy (non-hydrogen) atoms. The molecule has 0 saturated heterocycles. The molecule has 0 bridgehead atoms. The van der Waals surface area contributed by atoms with Crippen molar-refractivity contribution in [3.63, 3.8) is 0 Å². The van der Waals surface area contributed by atoms with E-state index in [2.05, 4.69) is 10.3 Å². The first-order valence-electron chi connectivity index (χ1n) is 8.99. The largest absolute Gasteiger partial charge is 0.349 e. The number of aromatic nitrogens is 1. The monoisotopic (exact) mass is 406 g/mol. The van der Waals surface area contributed by atoms with Gasteiger partial charge in [-0.1, -0.05) is 6.07 Å². The van der Waals surface area contributed by atoms with Crippen molar-refractivity contribution in [1.29, 1.82) is 10.5 Å². The molecule has 2 aromatic carbocycles. The molecular weight excluding hydrogens is 390 g/mol. The summed E-state index contributed by atoms with van der Waals surface area (Å²) in [5.74, 6) is -1.90.